The Balaban J connectivity index is 1.18. The van der Waals surface area contributed by atoms with Crippen LogP contribution in [0, 0.1) is 11.6 Å². The second-order valence-corrected chi connectivity index (χ2v) is 9.99. The highest BCUT2D eigenvalue weighted by Crippen LogP contribution is 2.37. The quantitative estimate of drug-likeness (QED) is 0.441. The number of aryl methyl sites for hydroxylation is 1. The second-order valence-electron chi connectivity index (χ2n) is 9.99. The SMILES string of the molecule is Cn1nnc(C2CCC(NC(=O)c3cnn4ccc(N5CCC[C@@H]5c5cc(F)cc(F)c5)cc34)CC2)n1. The van der Waals surface area contributed by atoms with Crippen molar-refractivity contribution in [1.29, 1.82) is 0 Å². The molecule has 1 aliphatic carbocycles. The standard InChI is InChI=1S/C26H28F2N8O/c1-34-32-25(31-33-34)16-4-6-20(7-5-16)30-26(37)22-15-29-36-10-8-21(14-24(22)36)35-9-2-3-23(35)17-11-18(27)13-19(28)12-17/h8,10-16,20,23H,2-7,9H2,1H3,(H,30,37)/t16?,20?,23-/m1/s1. The molecule has 192 valence electrons. The molecule has 6 rings (SSSR count). The highest BCUT2D eigenvalue weighted by atomic mass is 19.1. The first-order valence-corrected chi connectivity index (χ1v) is 12.7. The highest BCUT2D eigenvalue weighted by molar-refractivity contribution is 6.01. The number of carbonyl (C=O) groups excluding carboxylic acids is 1. The maximum absolute atomic E-state index is 13.9. The van der Waals surface area contributed by atoms with Crippen molar-refractivity contribution in [2.75, 3.05) is 11.4 Å². The predicted octanol–water partition coefficient (Wildman–Crippen LogP) is 3.93. The molecule has 3 aromatic heterocycles. The Morgan fingerprint density at radius 2 is 1.84 bits per heavy atom. The molecule has 1 aromatic carbocycles. The molecule has 0 spiro atoms. The Bertz CT molecular complexity index is 1420. The summed E-state index contributed by atoms with van der Waals surface area (Å²) in [6, 6.07) is 7.50. The van der Waals surface area contributed by atoms with E-state index in [2.05, 4.69) is 30.7 Å². The first-order chi connectivity index (χ1) is 17.9. The van der Waals surface area contributed by atoms with Crippen LogP contribution in [0.1, 0.15) is 72.2 Å². The van der Waals surface area contributed by atoms with Gasteiger partial charge >= 0.3 is 0 Å². The Morgan fingerprint density at radius 1 is 1.05 bits per heavy atom. The normalized spacial score (nSPS) is 22.0. The van der Waals surface area contributed by atoms with Crippen molar-refractivity contribution in [3.8, 4) is 0 Å². The Morgan fingerprint density at radius 3 is 2.57 bits per heavy atom. The molecule has 1 saturated heterocycles. The maximum Gasteiger partial charge on any atom is 0.255 e. The van der Waals surface area contributed by atoms with E-state index in [1.807, 2.05) is 18.3 Å². The van der Waals surface area contributed by atoms with Gasteiger partial charge in [0.05, 0.1) is 30.4 Å². The Labute approximate surface area is 212 Å². The first-order valence-electron chi connectivity index (χ1n) is 12.7. The van der Waals surface area contributed by atoms with Gasteiger partial charge in [-0.05, 0) is 73.6 Å². The average molecular weight is 507 g/mol. The monoisotopic (exact) mass is 506 g/mol. The summed E-state index contributed by atoms with van der Waals surface area (Å²) in [5, 5.41) is 19.9. The number of aromatic nitrogens is 6. The minimum atomic E-state index is -0.575. The van der Waals surface area contributed by atoms with Crippen LogP contribution in [0.2, 0.25) is 0 Å². The van der Waals surface area contributed by atoms with Crippen LogP contribution in [0.4, 0.5) is 14.5 Å². The van der Waals surface area contributed by atoms with Gasteiger partial charge in [-0.2, -0.15) is 9.90 Å². The molecule has 0 bridgehead atoms. The fraction of sp³-hybridized carbons (Fsp3) is 0.423. The van der Waals surface area contributed by atoms with Crippen molar-refractivity contribution in [1.82, 2.24) is 35.1 Å². The van der Waals surface area contributed by atoms with Gasteiger partial charge in [-0.15, -0.1) is 10.2 Å². The summed E-state index contributed by atoms with van der Waals surface area (Å²) >= 11 is 0. The van der Waals surface area contributed by atoms with Crippen molar-refractivity contribution in [3.05, 3.63) is 71.3 Å². The van der Waals surface area contributed by atoms with E-state index in [0.717, 1.165) is 62.6 Å². The van der Waals surface area contributed by atoms with Gasteiger partial charge in [0, 0.05) is 36.5 Å². The molecule has 37 heavy (non-hydrogen) atoms. The zero-order chi connectivity index (χ0) is 25.5. The molecule has 1 amide bonds. The van der Waals surface area contributed by atoms with Gasteiger partial charge in [0.1, 0.15) is 11.6 Å². The van der Waals surface area contributed by atoms with E-state index in [4.69, 9.17) is 0 Å². The third-order valence-corrected chi connectivity index (χ3v) is 7.56. The molecule has 0 radical (unpaired) electrons. The number of rotatable bonds is 5. The molecule has 1 saturated carbocycles. The molecule has 1 N–H and O–H groups in total. The van der Waals surface area contributed by atoms with Gasteiger partial charge in [-0.1, -0.05) is 0 Å². The number of nitrogens with one attached hydrogen (secondary N) is 1. The second kappa shape index (κ2) is 9.53. The summed E-state index contributed by atoms with van der Waals surface area (Å²) < 4.78 is 29.5. The summed E-state index contributed by atoms with van der Waals surface area (Å²) in [7, 11) is 1.76. The zero-order valence-electron chi connectivity index (χ0n) is 20.5. The number of hydrogen-bond acceptors (Lipinski definition) is 6. The lowest BCUT2D eigenvalue weighted by Gasteiger charge is -2.28. The van der Waals surface area contributed by atoms with Gasteiger partial charge in [0.2, 0.25) is 0 Å². The van der Waals surface area contributed by atoms with Crippen LogP contribution in [0.3, 0.4) is 0 Å². The third-order valence-electron chi connectivity index (χ3n) is 7.56. The fourth-order valence-corrected chi connectivity index (χ4v) is 5.73. The molecule has 4 aromatic rings. The summed E-state index contributed by atoms with van der Waals surface area (Å²) in [5.74, 6) is -0.272. The van der Waals surface area contributed by atoms with Crippen LogP contribution in [0.5, 0.6) is 0 Å². The van der Waals surface area contributed by atoms with Gasteiger partial charge in [-0.3, -0.25) is 4.79 Å². The van der Waals surface area contributed by atoms with Crippen LogP contribution in [-0.2, 0) is 7.05 Å². The molecule has 1 aliphatic heterocycles. The summed E-state index contributed by atoms with van der Waals surface area (Å²) in [6.07, 6.45) is 8.60. The lowest BCUT2D eigenvalue weighted by Crippen LogP contribution is -2.37. The molecule has 4 heterocycles. The van der Waals surface area contributed by atoms with Crippen molar-refractivity contribution in [2.24, 2.45) is 7.05 Å². The Hall–Kier alpha value is -3.89. The van der Waals surface area contributed by atoms with Crippen LogP contribution in [0.15, 0.2) is 42.7 Å². The van der Waals surface area contributed by atoms with Crippen molar-refractivity contribution >= 4 is 17.1 Å². The minimum Gasteiger partial charge on any atom is -0.364 e. The molecule has 9 nitrogen and oxygen atoms in total. The lowest BCUT2D eigenvalue weighted by atomic mass is 9.85. The number of anilines is 1. The van der Waals surface area contributed by atoms with Gasteiger partial charge in [0.25, 0.3) is 5.91 Å². The molecule has 1 atom stereocenters. The zero-order valence-corrected chi connectivity index (χ0v) is 20.5. The van der Waals surface area contributed by atoms with Crippen LogP contribution >= 0.6 is 0 Å². The van der Waals surface area contributed by atoms with Crippen LogP contribution in [0.25, 0.3) is 5.52 Å². The van der Waals surface area contributed by atoms with Crippen LogP contribution < -0.4 is 10.2 Å². The van der Waals surface area contributed by atoms with E-state index >= 15 is 0 Å². The summed E-state index contributed by atoms with van der Waals surface area (Å²) in [4.78, 5) is 16.9. The number of benzene rings is 1. The molecule has 11 heteroatoms. The number of pyridine rings is 1. The van der Waals surface area contributed by atoms with E-state index in [1.54, 1.807) is 17.8 Å². The number of carbonyl (C=O) groups is 1. The van der Waals surface area contributed by atoms with Crippen molar-refractivity contribution in [3.63, 3.8) is 0 Å². The molecule has 2 aliphatic rings. The van der Waals surface area contributed by atoms with E-state index in [0.29, 0.717) is 16.6 Å². The van der Waals surface area contributed by atoms with E-state index in [9.17, 15) is 13.6 Å². The average Bonchev–Trinajstić information content (AvgIpc) is 3.63. The summed E-state index contributed by atoms with van der Waals surface area (Å²) in [5.41, 5.74) is 2.72. The van der Waals surface area contributed by atoms with Gasteiger partial charge in [-0.25, -0.2) is 13.3 Å². The topological polar surface area (TPSA) is 93.2 Å². The third kappa shape index (κ3) is 4.65. The van der Waals surface area contributed by atoms with Crippen molar-refractivity contribution in [2.45, 2.75) is 56.5 Å². The maximum atomic E-state index is 13.9. The molecular weight excluding hydrogens is 478 g/mol. The van der Waals surface area contributed by atoms with E-state index in [-0.39, 0.29) is 23.9 Å². The lowest BCUT2D eigenvalue weighted by molar-refractivity contribution is 0.0927. The summed E-state index contributed by atoms with van der Waals surface area (Å²) in [6.45, 7) is 0.762. The Kier molecular flexibility index (Phi) is 6.05. The van der Waals surface area contributed by atoms with Gasteiger partial charge in [0.15, 0.2) is 5.82 Å². The van der Waals surface area contributed by atoms with E-state index < -0.39 is 11.6 Å². The van der Waals surface area contributed by atoms with Crippen LogP contribution in [-0.4, -0.2) is 48.3 Å². The van der Waals surface area contributed by atoms with E-state index in [1.165, 1.54) is 16.9 Å². The largest absolute Gasteiger partial charge is 0.364 e. The smallest absolute Gasteiger partial charge is 0.255 e. The molecule has 2 fully saturated rings. The molecular formula is C26H28F2N8O. The number of halogens is 2. The first kappa shape index (κ1) is 23.5. The predicted molar refractivity (Wildman–Crippen MR) is 132 cm³/mol. The number of nitrogens with zero attached hydrogens (tertiary/aromatic N) is 7. The number of fused-ring (bicyclic) bond motifs is 1. The molecule has 0 unspecified atom stereocenters. The minimum absolute atomic E-state index is 0.0735. The fourth-order valence-electron chi connectivity index (χ4n) is 5.73. The van der Waals surface area contributed by atoms with Gasteiger partial charge < -0.3 is 10.2 Å². The number of tetrazole rings is 1. The number of amides is 1. The van der Waals surface area contributed by atoms with Crippen molar-refractivity contribution < 1.29 is 13.6 Å². The highest BCUT2D eigenvalue weighted by Gasteiger charge is 2.29. The number of hydrogen-bond donors (Lipinski definition) is 1.